The molecule has 2 heterocycles. The molecule has 0 spiro atoms. The van der Waals surface area contributed by atoms with E-state index < -0.39 is 0 Å². The molecule has 2 amide bonds. The minimum atomic E-state index is -0.310. The molecule has 0 radical (unpaired) electrons. The second-order valence-electron chi connectivity index (χ2n) is 6.56. The fourth-order valence-electron chi connectivity index (χ4n) is 2.80. The van der Waals surface area contributed by atoms with Gasteiger partial charge in [0.1, 0.15) is 25.0 Å². The maximum atomic E-state index is 12.6. The number of hydrogen-bond donors (Lipinski definition) is 3. The molecule has 4 rings (SSSR count). The molecule has 9 nitrogen and oxygen atoms in total. The molecule has 2 aromatic heterocycles. The monoisotopic (exact) mass is 449 g/mol. The lowest BCUT2D eigenvalue weighted by atomic mass is 10.2. The largest absolute Gasteiger partial charge is 0.491 e. The number of aliphatic hydroxyl groups excluding tert-OH is 1. The molecule has 3 N–H and O–H groups in total. The maximum absolute atomic E-state index is 12.6. The van der Waals surface area contributed by atoms with Crippen LogP contribution in [0.5, 0.6) is 5.75 Å². The number of carbonyl (C=O) groups is 2. The highest BCUT2D eigenvalue weighted by Gasteiger charge is 2.14. The van der Waals surface area contributed by atoms with Crippen LogP contribution in [0, 0.1) is 0 Å². The summed E-state index contributed by atoms with van der Waals surface area (Å²) in [6.45, 7) is 0.138. The van der Waals surface area contributed by atoms with Crippen LogP contribution in [0.1, 0.15) is 19.3 Å². The SMILES string of the molecule is O=C(Nc1ccc(OCCO)cc1)c1ccc(C(=O)Nc2ccc(-n3cncn3)cc2)s1. The molecule has 162 valence electrons. The molecule has 0 bridgehead atoms. The molecule has 0 aliphatic heterocycles. The average Bonchev–Trinajstić information content (AvgIpc) is 3.52. The Balaban J connectivity index is 1.35. The molecule has 10 heteroatoms. The van der Waals surface area contributed by atoms with Crippen LogP contribution in [0.3, 0.4) is 0 Å². The lowest BCUT2D eigenvalue weighted by molar-refractivity contribution is 0.102. The van der Waals surface area contributed by atoms with E-state index in [1.54, 1.807) is 59.5 Å². The zero-order valence-electron chi connectivity index (χ0n) is 16.8. The van der Waals surface area contributed by atoms with Crippen molar-refractivity contribution in [3.05, 3.63) is 83.1 Å². The summed E-state index contributed by atoms with van der Waals surface area (Å²) in [5, 5.41) is 18.4. The van der Waals surface area contributed by atoms with Gasteiger partial charge in [-0.05, 0) is 60.7 Å². The van der Waals surface area contributed by atoms with E-state index in [2.05, 4.69) is 20.7 Å². The number of anilines is 2. The summed E-state index contributed by atoms with van der Waals surface area (Å²) in [6.07, 6.45) is 3.04. The quantitative estimate of drug-likeness (QED) is 0.380. The number of nitrogens with zero attached hydrogens (tertiary/aromatic N) is 3. The summed E-state index contributed by atoms with van der Waals surface area (Å²) in [7, 11) is 0. The van der Waals surface area contributed by atoms with E-state index in [0.717, 1.165) is 17.0 Å². The first-order valence-corrected chi connectivity index (χ1v) is 10.5. The van der Waals surface area contributed by atoms with Crippen molar-refractivity contribution in [2.24, 2.45) is 0 Å². The number of carbonyl (C=O) groups excluding carboxylic acids is 2. The average molecular weight is 449 g/mol. The highest BCUT2D eigenvalue weighted by molar-refractivity contribution is 7.16. The van der Waals surface area contributed by atoms with Crippen molar-refractivity contribution in [3.8, 4) is 11.4 Å². The number of thiophene rings is 1. The molecule has 4 aromatic rings. The standard InChI is InChI=1S/C22H19N5O4S/c28-11-12-31-18-7-3-16(4-8-18)26-22(30)20-10-9-19(32-20)21(29)25-15-1-5-17(6-2-15)27-14-23-13-24-27/h1-10,13-14,28H,11-12H2,(H,25,29)(H,26,30). The van der Waals surface area contributed by atoms with Gasteiger partial charge in [-0.1, -0.05) is 0 Å². The summed E-state index contributed by atoms with van der Waals surface area (Å²) < 4.78 is 6.91. The van der Waals surface area contributed by atoms with Crippen LogP contribution < -0.4 is 15.4 Å². The Morgan fingerprint density at radius 1 is 0.906 bits per heavy atom. The third kappa shape index (κ3) is 5.17. The fourth-order valence-corrected chi connectivity index (χ4v) is 3.60. The zero-order chi connectivity index (χ0) is 22.3. The van der Waals surface area contributed by atoms with Crippen LogP contribution in [0.15, 0.2) is 73.3 Å². The molecule has 32 heavy (non-hydrogen) atoms. The van der Waals surface area contributed by atoms with Crippen molar-refractivity contribution >= 4 is 34.5 Å². The number of amides is 2. The molecular weight excluding hydrogens is 430 g/mol. The van der Waals surface area contributed by atoms with Crippen molar-refractivity contribution in [2.75, 3.05) is 23.8 Å². The maximum Gasteiger partial charge on any atom is 0.265 e. The van der Waals surface area contributed by atoms with Crippen molar-refractivity contribution < 1.29 is 19.4 Å². The molecule has 0 fully saturated rings. The van der Waals surface area contributed by atoms with Gasteiger partial charge in [0.2, 0.25) is 0 Å². The van der Waals surface area contributed by atoms with E-state index in [1.807, 2.05) is 12.1 Å². The first-order chi connectivity index (χ1) is 15.6. The number of aromatic nitrogens is 3. The zero-order valence-corrected chi connectivity index (χ0v) is 17.6. The Morgan fingerprint density at radius 2 is 1.50 bits per heavy atom. The number of benzene rings is 2. The summed E-state index contributed by atoms with van der Waals surface area (Å²) in [4.78, 5) is 29.8. The second kappa shape index (κ2) is 9.86. The molecule has 2 aromatic carbocycles. The van der Waals surface area contributed by atoms with Crippen molar-refractivity contribution in [1.29, 1.82) is 0 Å². The number of ether oxygens (including phenoxy) is 1. The van der Waals surface area contributed by atoms with Crippen LogP contribution in [0.4, 0.5) is 11.4 Å². The number of hydrogen-bond acceptors (Lipinski definition) is 7. The summed E-state index contributed by atoms with van der Waals surface area (Å²) in [5.74, 6) is -0.00958. The van der Waals surface area contributed by atoms with Gasteiger partial charge in [-0.25, -0.2) is 9.67 Å². The summed E-state index contributed by atoms with van der Waals surface area (Å²) in [6, 6.07) is 17.2. The minimum Gasteiger partial charge on any atom is -0.491 e. The Hall–Kier alpha value is -4.02. The topological polar surface area (TPSA) is 118 Å². The van der Waals surface area contributed by atoms with Gasteiger partial charge in [-0.2, -0.15) is 5.10 Å². The van der Waals surface area contributed by atoms with Crippen LogP contribution in [-0.2, 0) is 0 Å². The lowest BCUT2D eigenvalue weighted by Gasteiger charge is -2.07. The molecule has 0 unspecified atom stereocenters. The number of aliphatic hydroxyl groups is 1. The Kier molecular flexibility index (Phi) is 6.54. The molecule has 0 atom stereocenters. The molecule has 0 aliphatic rings. The highest BCUT2D eigenvalue weighted by atomic mass is 32.1. The van der Waals surface area contributed by atoms with Gasteiger partial charge in [0.05, 0.1) is 22.0 Å². The van der Waals surface area contributed by atoms with Crippen molar-refractivity contribution in [1.82, 2.24) is 14.8 Å². The highest BCUT2D eigenvalue weighted by Crippen LogP contribution is 2.22. The fraction of sp³-hybridized carbons (Fsp3) is 0.0909. The second-order valence-corrected chi connectivity index (χ2v) is 7.64. The van der Waals surface area contributed by atoms with Gasteiger partial charge in [0, 0.05) is 11.4 Å². The van der Waals surface area contributed by atoms with E-state index in [-0.39, 0.29) is 25.0 Å². The van der Waals surface area contributed by atoms with Gasteiger partial charge < -0.3 is 20.5 Å². The van der Waals surface area contributed by atoms with E-state index in [4.69, 9.17) is 9.84 Å². The molecule has 0 saturated carbocycles. The first kappa shape index (κ1) is 21.2. The van der Waals surface area contributed by atoms with Crippen LogP contribution in [0.2, 0.25) is 0 Å². The third-order valence-corrected chi connectivity index (χ3v) is 5.42. The van der Waals surface area contributed by atoms with Crippen LogP contribution >= 0.6 is 11.3 Å². The summed E-state index contributed by atoms with van der Waals surface area (Å²) in [5.41, 5.74) is 2.04. The Bertz CT molecular complexity index is 1190. The minimum absolute atomic E-state index is 0.0684. The molecule has 0 aliphatic carbocycles. The van der Waals surface area contributed by atoms with Crippen LogP contribution in [0.25, 0.3) is 5.69 Å². The van der Waals surface area contributed by atoms with E-state index in [9.17, 15) is 9.59 Å². The van der Waals surface area contributed by atoms with E-state index in [1.165, 1.54) is 6.33 Å². The smallest absolute Gasteiger partial charge is 0.265 e. The van der Waals surface area contributed by atoms with Crippen molar-refractivity contribution in [3.63, 3.8) is 0 Å². The van der Waals surface area contributed by atoms with Gasteiger partial charge >= 0.3 is 0 Å². The number of rotatable bonds is 8. The van der Waals surface area contributed by atoms with Gasteiger partial charge in [-0.3, -0.25) is 9.59 Å². The third-order valence-electron chi connectivity index (χ3n) is 4.33. The molecular formula is C22H19N5O4S. The molecule has 0 saturated heterocycles. The van der Waals surface area contributed by atoms with Gasteiger partial charge in [-0.15, -0.1) is 11.3 Å². The Labute approximate surface area is 187 Å². The lowest BCUT2D eigenvalue weighted by Crippen LogP contribution is -2.11. The first-order valence-electron chi connectivity index (χ1n) is 9.64. The normalized spacial score (nSPS) is 10.5. The van der Waals surface area contributed by atoms with Crippen LogP contribution in [-0.4, -0.2) is 44.9 Å². The van der Waals surface area contributed by atoms with Gasteiger partial charge in [0.15, 0.2) is 0 Å². The summed E-state index contributed by atoms with van der Waals surface area (Å²) >= 11 is 1.10. The van der Waals surface area contributed by atoms with Crippen molar-refractivity contribution in [2.45, 2.75) is 0 Å². The predicted molar refractivity (Wildman–Crippen MR) is 121 cm³/mol. The van der Waals surface area contributed by atoms with E-state index >= 15 is 0 Å². The number of nitrogens with one attached hydrogen (secondary N) is 2. The van der Waals surface area contributed by atoms with E-state index in [0.29, 0.717) is 26.9 Å². The van der Waals surface area contributed by atoms with Gasteiger partial charge in [0.25, 0.3) is 11.8 Å². The predicted octanol–water partition coefficient (Wildman–Crippen LogP) is 3.20. The Morgan fingerprint density at radius 3 is 2.03 bits per heavy atom.